The molecule has 0 aliphatic heterocycles. The van der Waals surface area contributed by atoms with Crippen LogP contribution in [0.25, 0.3) is 17.0 Å². The molecular weight excluding hydrogens is 242 g/mol. The second kappa shape index (κ2) is 4.11. The first-order chi connectivity index (χ1) is 9.05. The first-order valence-electron chi connectivity index (χ1n) is 5.83. The number of rotatable bonds is 2. The number of aromatic nitrogens is 4. The lowest BCUT2D eigenvalue weighted by Crippen LogP contribution is -2.33. The van der Waals surface area contributed by atoms with Gasteiger partial charge in [0.05, 0.1) is 5.69 Å². The highest BCUT2D eigenvalue weighted by atomic mass is 16.3. The van der Waals surface area contributed by atoms with Gasteiger partial charge in [0.1, 0.15) is 11.4 Å². The summed E-state index contributed by atoms with van der Waals surface area (Å²) in [5.41, 5.74) is 6.61. The smallest absolute Gasteiger partial charge is 0.153 e. The number of fused-ring (bicyclic) bond motifs is 1. The van der Waals surface area contributed by atoms with Gasteiger partial charge in [-0.2, -0.15) is 5.10 Å². The Morgan fingerprint density at radius 3 is 2.79 bits per heavy atom. The van der Waals surface area contributed by atoms with Crippen molar-refractivity contribution < 1.29 is 5.11 Å². The Bertz CT molecular complexity index is 715. The van der Waals surface area contributed by atoms with Gasteiger partial charge in [-0.15, -0.1) is 0 Å². The average molecular weight is 255 g/mol. The Kier molecular flexibility index (Phi) is 2.55. The van der Waals surface area contributed by atoms with Gasteiger partial charge in [-0.05, 0) is 25.1 Å². The zero-order valence-electron chi connectivity index (χ0n) is 10.4. The molecule has 96 valence electrons. The van der Waals surface area contributed by atoms with E-state index in [0.717, 1.165) is 0 Å². The van der Waals surface area contributed by atoms with E-state index in [1.165, 1.54) is 6.92 Å². The quantitative estimate of drug-likeness (QED) is 0.664. The summed E-state index contributed by atoms with van der Waals surface area (Å²) in [6.45, 7) is 1.51. The molecule has 19 heavy (non-hydrogen) atoms. The number of nitrogens with two attached hydrogens (primary N) is 1. The summed E-state index contributed by atoms with van der Waals surface area (Å²) in [5.74, 6) is 0. The standard InChI is InChI=1S/C13H13N5O/c1-13(14,19)9-8-11-16-6-7-18(11)17-12(9)10-4-2-3-5-15-10/h2-8,19H,14H2,1H3/t13-/m0/s1. The van der Waals surface area contributed by atoms with Crippen molar-refractivity contribution in [2.75, 3.05) is 0 Å². The Hall–Kier alpha value is -2.31. The van der Waals surface area contributed by atoms with Crippen molar-refractivity contribution in [1.82, 2.24) is 19.6 Å². The van der Waals surface area contributed by atoms with Crippen molar-refractivity contribution in [3.05, 3.63) is 48.4 Å². The van der Waals surface area contributed by atoms with Crippen molar-refractivity contribution in [2.24, 2.45) is 5.73 Å². The summed E-state index contributed by atoms with van der Waals surface area (Å²) in [7, 11) is 0. The fourth-order valence-electron chi connectivity index (χ4n) is 1.93. The molecule has 3 aromatic heterocycles. The van der Waals surface area contributed by atoms with Gasteiger partial charge in [-0.25, -0.2) is 9.50 Å². The second-order valence-corrected chi connectivity index (χ2v) is 4.50. The van der Waals surface area contributed by atoms with Crippen LogP contribution >= 0.6 is 0 Å². The average Bonchev–Trinajstić information content (AvgIpc) is 2.84. The molecule has 1 atom stereocenters. The van der Waals surface area contributed by atoms with Gasteiger partial charge in [0, 0.05) is 24.2 Å². The molecule has 0 aliphatic carbocycles. The van der Waals surface area contributed by atoms with Gasteiger partial charge in [-0.1, -0.05) is 6.07 Å². The summed E-state index contributed by atoms with van der Waals surface area (Å²) in [5, 5.41) is 14.5. The Balaban J connectivity index is 2.32. The predicted octanol–water partition coefficient (Wildman–Crippen LogP) is 0.915. The Morgan fingerprint density at radius 1 is 1.26 bits per heavy atom. The fraction of sp³-hybridized carbons (Fsp3) is 0.154. The fourth-order valence-corrected chi connectivity index (χ4v) is 1.93. The van der Waals surface area contributed by atoms with E-state index < -0.39 is 5.72 Å². The molecule has 0 spiro atoms. The number of imidazole rings is 1. The lowest BCUT2D eigenvalue weighted by Gasteiger charge is -2.20. The number of hydrogen-bond donors (Lipinski definition) is 2. The summed E-state index contributed by atoms with van der Waals surface area (Å²) < 4.78 is 1.62. The van der Waals surface area contributed by atoms with Gasteiger partial charge in [-0.3, -0.25) is 10.7 Å². The SMILES string of the molecule is C[C@](N)(O)c1cc2nccn2nc1-c1ccccn1. The minimum absolute atomic E-state index is 0.491. The zero-order chi connectivity index (χ0) is 13.5. The van der Waals surface area contributed by atoms with E-state index in [2.05, 4.69) is 15.1 Å². The number of aliphatic hydroxyl groups is 1. The van der Waals surface area contributed by atoms with Gasteiger partial charge in [0.25, 0.3) is 0 Å². The van der Waals surface area contributed by atoms with E-state index in [1.54, 1.807) is 29.2 Å². The van der Waals surface area contributed by atoms with Crippen LogP contribution < -0.4 is 5.73 Å². The van der Waals surface area contributed by atoms with Crippen molar-refractivity contribution in [3.8, 4) is 11.4 Å². The van der Waals surface area contributed by atoms with Gasteiger partial charge < -0.3 is 5.11 Å². The largest absolute Gasteiger partial charge is 0.372 e. The molecule has 6 nitrogen and oxygen atoms in total. The van der Waals surface area contributed by atoms with Crippen molar-refractivity contribution in [1.29, 1.82) is 0 Å². The van der Waals surface area contributed by atoms with Crippen molar-refractivity contribution in [3.63, 3.8) is 0 Å². The molecule has 6 heteroatoms. The molecule has 0 aliphatic rings. The van der Waals surface area contributed by atoms with E-state index in [-0.39, 0.29) is 0 Å². The highest BCUT2D eigenvalue weighted by Crippen LogP contribution is 2.26. The third-order valence-electron chi connectivity index (χ3n) is 2.84. The van der Waals surface area contributed by atoms with E-state index in [4.69, 9.17) is 5.73 Å². The number of nitrogens with zero attached hydrogens (tertiary/aromatic N) is 4. The predicted molar refractivity (Wildman–Crippen MR) is 70.0 cm³/mol. The van der Waals surface area contributed by atoms with Crippen LogP contribution in [0.2, 0.25) is 0 Å². The molecule has 0 bridgehead atoms. The maximum absolute atomic E-state index is 10.1. The van der Waals surface area contributed by atoms with Gasteiger partial charge in [0.15, 0.2) is 5.65 Å². The van der Waals surface area contributed by atoms with Crippen LogP contribution in [-0.4, -0.2) is 24.7 Å². The molecule has 0 amide bonds. The minimum Gasteiger partial charge on any atom is -0.372 e. The monoisotopic (exact) mass is 255 g/mol. The molecule has 0 radical (unpaired) electrons. The van der Waals surface area contributed by atoms with Crippen LogP contribution in [-0.2, 0) is 5.72 Å². The second-order valence-electron chi connectivity index (χ2n) is 4.50. The van der Waals surface area contributed by atoms with Crippen LogP contribution in [0, 0.1) is 0 Å². The minimum atomic E-state index is -1.51. The molecule has 0 saturated carbocycles. The summed E-state index contributed by atoms with van der Waals surface area (Å²) in [6.07, 6.45) is 5.04. The third-order valence-corrected chi connectivity index (χ3v) is 2.84. The molecule has 0 saturated heterocycles. The third kappa shape index (κ3) is 2.07. The van der Waals surface area contributed by atoms with E-state index in [1.807, 2.05) is 18.2 Å². The molecule has 3 aromatic rings. The molecule has 3 heterocycles. The topological polar surface area (TPSA) is 89.3 Å². The van der Waals surface area contributed by atoms with Crippen molar-refractivity contribution >= 4 is 5.65 Å². The molecule has 3 rings (SSSR count). The number of pyridine rings is 1. The van der Waals surface area contributed by atoms with Crippen LogP contribution in [0.4, 0.5) is 0 Å². The lowest BCUT2D eigenvalue weighted by molar-refractivity contribution is 0.0649. The molecule has 0 unspecified atom stereocenters. The maximum Gasteiger partial charge on any atom is 0.153 e. The highest BCUT2D eigenvalue weighted by molar-refractivity contribution is 5.62. The van der Waals surface area contributed by atoms with Crippen LogP contribution in [0.15, 0.2) is 42.9 Å². The zero-order valence-corrected chi connectivity index (χ0v) is 10.4. The molecule has 0 aromatic carbocycles. The van der Waals surface area contributed by atoms with Gasteiger partial charge in [0.2, 0.25) is 0 Å². The normalized spacial score (nSPS) is 14.5. The number of hydrogen-bond acceptors (Lipinski definition) is 5. The Morgan fingerprint density at radius 2 is 2.11 bits per heavy atom. The molecular formula is C13H13N5O. The summed E-state index contributed by atoms with van der Waals surface area (Å²) in [4.78, 5) is 8.39. The maximum atomic E-state index is 10.1. The lowest BCUT2D eigenvalue weighted by atomic mass is 10.0. The summed E-state index contributed by atoms with van der Waals surface area (Å²) >= 11 is 0. The summed E-state index contributed by atoms with van der Waals surface area (Å²) in [6, 6.07) is 7.22. The molecule has 3 N–H and O–H groups in total. The molecule has 0 fully saturated rings. The highest BCUT2D eigenvalue weighted by Gasteiger charge is 2.24. The Labute approximate surface area is 109 Å². The first kappa shape index (κ1) is 11.8. The van der Waals surface area contributed by atoms with E-state index in [0.29, 0.717) is 22.6 Å². The van der Waals surface area contributed by atoms with E-state index >= 15 is 0 Å². The van der Waals surface area contributed by atoms with Gasteiger partial charge >= 0.3 is 0 Å². The van der Waals surface area contributed by atoms with Crippen molar-refractivity contribution in [2.45, 2.75) is 12.6 Å². The van der Waals surface area contributed by atoms with Crippen LogP contribution in [0.1, 0.15) is 12.5 Å². The first-order valence-corrected chi connectivity index (χ1v) is 5.83. The van der Waals surface area contributed by atoms with Crippen LogP contribution in [0.3, 0.4) is 0 Å². The van der Waals surface area contributed by atoms with E-state index in [9.17, 15) is 5.11 Å². The van der Waals surface area contributed by atoms with Crippen LogP contribution in [0.5, 0.6) is 0 Å².